The summed E-state index contributed by atoms with van der Waals surface area (Å²) in [7, 11) is 3.71. The Hall–Kier alpha value is -2.51. The Kier molecular flexibility index (Phi) is 3.05. The van der Waals surface area contributed by atoms with E-state index in [9.17, 15) is 4.39 Å². The number of nitrogens with zero attached hydrogens (tertiary/aromatic N) is 6. The normalized spacial score (nSPS) is 21.8. The summed E-state index contributed by atoms with van der Waals surface area (Å²) in [6.45, 7) is 0. The first kappa shape index (κ1) is 12.5. The van der Waals surface area contributed by atoms with Crippen molar-refractivity contribution in [3.8, 4) is 0 Å². The number of halogens is 1. The first-order chi connectivity index (χ1) is 9.66. The second-order valence-corrected chi connectivity index (χ2v) is 4.53. The minimum absolute atomic E-state index is 0.434. The fraction of sp³-hybridized carbons (Fsp3) is 0.333. The van der Waals surface area contributed by atoms with Crippen LogP contribution in [0.3, 0.4) is 0 Å². The summed E-state index contributed by atoms with van der Waals surface area (Å²) in [6, 6.07) is 0. The van der Waals surface area contributed by atoms with Crippen molar-refractivity contribution < 1.29 is 9.13 Å². The topological polar surface area (TPSA) is 68.4 Å². The lowest BCUT2D eigenvalue weighted by Gasteiger charge is -2.14. The lowest BCUT2D eigenvalue weighted by Crippen LogP contribution is -2.16. The highest BCUT2D eigenvalue weighted by Gasteiger charge is 2.28. The van der Waals surface area contributed by atoms with Crippen molar-refractivity contribution in [2.45, 2.75) is 12.4 Å². The summed E-state index contributed by atoms with van der Waals surface area (Å²) in [4.78, 5) is 18.4. The Morgan fingerprint density at radius 3 is 2.95 bits per heavy atom. The van der Waals surface area contributed by atoms with Crippen LogP contribution >= 0.6 is 0 Å². The maximum Gasteiger partial charge on any atom is 0.212 e. The number of hydrogen-bond donors (Lipinski definition) is 0. The van der Waals surface area contributed by atoms with Gasteiger partial charge in [0.2, 0.25) is 6.23 Å². The van der Waals surface area contributed by atoms with Gasteiger partial charge in [0.05, 0.1) is 12.6 Å². The molecule has 0 unspecified atom stereocenters. The highest BCUT2D eigenvalue weighted by Crippen LogP contribution is 2.29. The standard InChI is InChI=1S/C12H13FN6O/c1-18(2)6-17-10-9-11(15-5-14-10)19(7-16-9)12-8(13)3-4-20-12/h3-8,12H,1-2H3/b17-6-/t8-,12+/m0/s1. The lowest BCUT2D eigenvalue weighted by atomic mass is 10.3. The number of hydrogen-bond acceptors (Lipinski definition) is 5. The van der Waals surface area contributed by atoms with E-state index in [0.29, 0.717) is 17.0 Å². The molecule has 0 aliphatic carbocycles. The molecule has 1 aliphatic heterocycles. The summed E-state index contributed by atoms with van der Waals surface area (Å²) in [6.07, 6.45) is 5.16. The van der Waals surface area contributed by atoms with Gasteiger partial charge in [-0.2, -0.15) is 0 Å². The van der Waals surface area contributed by atoms with Crippen LogP contribution in [0.15, 0.2) is 30.0 Å². The van der Waals surface area contributed by atoms with Crippen LogP contribution in [-0.4, -0.2) is 51.0 Å². The molecule has 3 rings (SSSR count). The van der Waals surface area contributed by atoms with Crippen molar-refractivity contribution in [2.75, 3.05) is 14.1 Å². The van der Waals surface area contributed by atoms with E-state index < -0.39 is 12.4 Å². The Bertz CT molecular complexity index is 680. The highest BCUT2D eigenvalue weighted by molar-refractivity contribution is 5.82. The van der Waals surface area contributed by atoms with Gasteiger partial charge in [-0.15, -0.1) is 0 Å². The van der Waals surface area contributed by atoms with Gasteiger partial charge in [0.15, 0.2) is 23.2 Å². The quantitative estimate of drug-likeness (QED) is 0.626. The van der Waals surface area contributed by atoms with Crippen LogP contribution in [0.5, 0.6) is 0 Å². The summed E-state index contributed by atoms with van der Waals surface area (Å²) in [5.74, 6) is 0.434. The molecule has 0 bridgehead atoms. The maximum atomic E-state index is 13.7. The van der Waals surface area contributed by atoms with Crippen LogP contribution in [0.25, 0.3) is 11.2 Å². The molecule has 0 spiro atoms. The third-order valence-electron chi connectivity index (χ3n) is 2.78. The molecule has 0 saturated carbocycles. The van der Waals surface area contributed by atoms with E-state index in [-0.39, 0.29) is 0 Å². The monoisotopic (exact) mass is 276 g/mol. The molecular formula is C12H13FN6O. The van der Waals surface area contributed by atoms with Crippen molar-refractivity contribution in [3.05, 3.63) is 25.0 Å². The smallest absolute Gasteiger partial charge is 0.212 e. The molecule has 7 nitrogen and oxygen atoms in total. The zero-order valence-electron chi connectivity index (χ0n) is 11.0. The van der Waals surface area contributed by atoms with Crippen molar-refractivity contribution >= 4 is 23.3 Å². The van der Waals surface area contributed by atoms with Crippen LogP contribution in [0, 0.1) is 0 Å². The molecule has 8 heteroatoms. The Labute approximate surface area is 114 Å². The van der Waals surface area contributed by atoms with Crippen LogP contribution in [0.4, 0.5) is 10.2 Å². The summed E-state index contributed by atoms with van der Waals surface area (Å²) >= 11 is 0. The highest BCUT2D eigenvalue weighted by atomic mass is 19.1. The van der Waals surface area contributed by atoms with Crippen LogP contribution in [-0.2, 0) is 4.74 Å². The molecule has 2 aromatic rings. The number of fused-ring (bicyclic) bond motifs is 1. The fourth-order valence-electron chi connectivity index (χ4n) is 1.88. The molecule has 0 saturated heterocycles. The first-order valence-corrected chi connectivity index (χ1v) is 6.01. The van der Waals surface area contributed by atoms with E-state index in [0.717, 1.165) is 0 Å². The second-order valence-electron chi connectivity index (χ2n) is 4.53. The molecule has 0 radical (unpaired) electrons. The van der Waals surface area contributed by atoms with Gasteiger partial charge in [-0.25, -0.2) is 24.3 Å². The molecule has 1 aliphatic rings. The number of rotatable bonds is 3. The molecule has 0 fully saturated rings. The maximum absolute atomic E-state index is 13.7. The molecule has 0 N–H and O–H groups in total. The van der Waals surface area contributed by atoms with E-state index in [2.05, 4.69) is 19.9 Å². The molecule has 20 heavy (non-hydrogen) atoms. The van der Waals surface area contributed by atoms with Gasteiger partial charge in [-0.3, -0.25) is 4.57 Å². The van der Waals surface area contributed by atoms with Gasteiger partial charge in [-0.1, -0.05) is 0 Å². The molecule has 2 aromatic heterocycles. The largest absolute Gasteiger partial charge is 0.474 e. The van der Waals surface area contributed by atoms with E-state index in [1.165, 1.54) is 29.6 Å². The van der Waals surface area contributed by atoms with Gasteiger partial charge in [0.25, 0.3) is 0 Å². The third-order valence-corrected chi connectivity index (χ3v) is 2.78. The third kappa shape index (κ3) is 2.09. The van der Waals surface area contributed by atoms with E-state index in [1.54, 1.807) is 11.2 Å². The molecule has 0 aromatic carbocycles. The van der Waals surface area contributed by atoms with Crippen molar-refractivity contribution in [1.82, 2.24) is 24.4 Å². The Morgan fingerprint density at radius 2 is 2.25 bits per heavy atom. The zero-order chi connectivity index (χ0) is 14.1. The van der Waals surface area contributed by atoms with Crippen LogP contribution in [0.2, 0.25) is 0 Å². The van der Waals surface area contributed by atoms with Gasteiger partial charge in [-0.05, 0) is 6.08 Å². The lowest BCUT2D eigenvalue weighted by molar-refractivity contribution is 0.0541. The molecule has 2 atom stereocenters. The SMILES string of the molecule is CN(C)/C=N\c1ncnc2c1ncn2[C@@H]1OC=C[C@@H]1F. The van der Waals surface area contributed by atoms with Crippen molar-refractivity contribution in [1.29, 1.82) is 0 Å². The molecule has 0 amide bonds. The molecular weight excluding hydrogens is 263 g/mol. The van der Waals surface area contributed by atoms with Crippen molar-refractivity contribution in [3.63, 3.8) is 0 Å². The first-order valence-electron chi connectivity index (χ1n) is 6.01. The zero-order valence-corrected chi connectivity index (χ0v) is 11.0. The van der Waals surface area contributed by atoms with Gasteiger partial charge < -0.3 is 9.64 Å². The predicted molar refractivity (Wildman–Crippen MR) is 71.3 cm³/mol. The second kappa shape index (κ2) is 4.87. The minimum atomic E-state index is -1.23. The average molecular weight is 276 g/mol. The summed E-state index contributed by atoms with van der Waals surface area (Å²) in [5.41, 5.74) is 0.996. The number of alkyl halides is 1. The van der Waals surface area contributed by atoms with Gasteiger partial charge >= 0.3 is 0 Å². The van der Waals surface area contributed by atoms with Crippen molar-refractivity contribution in [2.24, 2.45) is 4.99 Å². The van der Waals surface area contributed by atoms with Gasteiger partial charge in [0.1, 0.15) is 12.7 Å². The number of aromatic nitrogens is 4. The summed E-state index contributed by atoms with van der Waals surface area (Å²) in [5, 5.41) is 0. The molecule has 3 heterocycles. The predicted octanol–water partition coefficient (Wildman–Crippen LogP) is 1.43. The molecule has 104 valence electrons. The minimum Gasteiger partial charge on any atom is -0.474 e. The summed E-state index contributed by atoms with van der Waals surface area (Å²) < 4.78 is 20.4. The Balaban J connectivity index is 2.03. The number of aliphatic imine (C=N–C) groups is 1. The fourth-order valence-corrected chi connectivity index (χ4v) is 1.88. The van der Waals surface area contributed by atoms with E-state index in [1.807, 2.05) is 14.1 Å². The number of ether oxygens (including phenoxy) is 1. The van der Waals surface area contributed by atoms with Crippen LogP contribution in [0.1, 0.15) is 6.23 Å². The van der Waals surface area contributed by atoms with E-state index >= 15 is 0 Å². The Morgan fingerprint density at radius 1 is 1.40 bits per heavy atom. The van der Waals surface area contributed by atoms with E-state index in [4.69, 9.17) is 4.74 Å². The number of imidazole rings is 1. The average Bonchev–Trinajstić information content (AvgIpc) is 3.02. The van der Waals surface area contributed by atoms with Crippen LogP contribution < -0.4 is 0 Å². The van der Waals surface area contributed by atoms with Gasteiger partial charge in [0, 0.05) is 14.1 Å².